The standard InChI is InChI=1S/C10H14N4O/c1-6(2)9-12-13-10(14(9)4)8-7(3)11-5-15-8/h5-6H,1-4H3. The van der Waals surface area contributed by atoms with Crippen molar-refractivity contribution in [3.05, 3.63) is 17.9 Å². The zero-order chi connectivity index (χ0) is 11.0. The molecule has 0 aliphatic carbocycles. The van der Waals surface area contributed by atoms with Crippen molar-refractivity contribution in [2.24, 2.45) is 7.05 Å². The Kier molecular flexibility index (Phi) is 2.30. The lowest BCUT2D eigenvalue weighted by molar-refractivity contribution is 0.562. The van der Waals surface area contributed by atoms with Gasteiger partial charge in [-0.05, 0) is 6.92 Å². The first-order valence-corrected chi connectivity index (χ1v) is 4.91. The van der Waals surface area contributed by atoms with Crippen molar-refractivity contribution in [1.29, 1.82) is 0 Å². The number of hydrogen-bond acceptors (Lipinski definition) is 4. The van der Waals surface area contributed by atoms with Gasteiger partial charge in [0.05, 0.1) is 5.69 Å². The number of aromatic nitrogens is 4. The first-order valence-electron chi connectivity index (χ1n) is 4.91. The summed E-state index contributed by atoms with van der Waals surface area (Å²) in [7, 11) is 1.94. The lowest BCUT2D eigenvalue weighted by Gasteiger charge is -2.04. The third-order valence-corrected chi connectivity index (χ3v) is 2.37. The molecule has 0 radical (unpaired) electrons. The van der Waals surface area contributed by atoms with Gasteiger partial charge in [-0.3, -0.25) is 0 Å². The van der Waals surface area contributed by atoms with Crippen molar-refractivity contribution < 1.29 is 4.42 Å². The highest BCUT2D eigenvalue weighted by Crippen LogP contribution is 2.22. The number of hydrogen-bond donors (Lipinski definition) is 0. The lowest BCUT2D eigenvalue weighted by Crippen LogP contribution is -2.01. The second kappa shape index (κ2) is 3.49. The molecule has 5 nitrogen and oxygen atoms in total. The average molecular weight is 206 g/mol. The Morgan fingerprint density at radius 1 is 1.33 bits per heavy atom. The predicted molar refractivity (Wildman–Crippen MR) is 55.3 cm³/mol. The van der Waals surface area contributed by atoms with Crippen molar-refractivity contribution in [2.75, 3.05) is 0 Å². The van der Waals surface area contributed by atoms with Crippen molar-refractivity contribution in [1.82, 2.24) is 19.7 Å². The Morgan fingerprint density at radius 2 is 2.07 bits per heavy atom. The van der Waals surface area contributed by atoms with Gasteiger partial charge >= 0.3 is 0 Å². The SMILES string of the molecule is Cc1ncoc1-c1nnc(C(C)C)n1C. The quantitative estimate of drug-likeness (QED) is 0.753. The van der Waals surface area contributed by atoms with E-state index < -0.39 is 0 Å². The van der Waals surface area contributed by atoms with Gasteiger partial charge in [0, 0.05) is 13.0 Å². The van der Waals surface area contributed by atoms with Crippen LogP contribution in [0.2, 0.25) is 0 Å². The largest absolute Gasteiger partial charge is 0.440 e. The van der Waals surface area contributed by atoms with E-state index in [1.165, 1.54) is 6.39 Å². The van der Waals surface area contributed by atoms with Gasteiger partial charge < -0.3 is 8.98 Å². The van der Waals surface area contributed by atoms with Crippen molar-refractivity contribution >= 4 is 0 Å². The molecular formula is C10H14N4O. The molecule has 80 valence electrons. The summed E-state index contributed by atoms with van der Waals surface area (Å²) in [5.41, 5.74) is 0.834. The molecule has 5 heteroatoms. The van der Waals surface area contributed by atoms with Crippen molar-refractivity contribution in [3.63, 3.8) is 0 Å². The van der Waals surface area contributed by atoms with Crippen LogP contribution in [0, 0.1) is 6.92 Å². The Bertz CT molecular complexity index is 469. The monoisotopic (exact) mass is 206 g/mol. The summed E-state index contributed by atoms with van der Waals surface area (Å²) in [6, 6.07) is 0. The van der Waals surface area contributed by atoms with Gasteiger partial charge in [0.25, 0.3) is 0 Å². The highest BCUT2D eigenvalue weighted by Gasteiger charge is 2.17. The molecule has 0 bridgehead atoms. The molecule has 2 rings (SSSR count). The number of aryl methyl sites for hydroxylation is 1. The van der Waals surface area contributed by atoms with Gasteiger partial charge in [-0.25, -0.2) is 4.98 Å². The molecule has 2 aromatic heterocycles. The molecule has 0 aliphatic heterocycles. The van der Waals surface area contributed by atoms with Gasteiger partial charge in [0.2, 0.25) is 5.82 Å². The summed E-state index contributed by atoms with van der Waals surface area (Å²) < 4.78 is 7.23. The average Bonchev–Trinajstić information content (AvgIpc) is 2.71. The number of rotatable bonds is 2. The maximum atomic E-state index is 5.29. The summed E-state index contributed by atoms with van der Waals surface area (Å²) in [5, 5.41) is 8.26. The van der Waals surface area contributed by atoms with E-state index in [0.717, 1.165) is 17.3 Å². The first-order chi connectivity index (χ1) is 7.11. The van der Waals surface area contributed by atoms with Gasteiger partial charge in [0.15, 0.2) is 12.2 Å². The normalized spacial score (nSPS) is 11.3. The lowest BCUT2D eigenvalue weighted by atomic mass is 10.2. The minimum atomic E-state index is 0.347. The minimum Gasteiger partial charge on any atom is -0.440 e. The maximum Gasteiger partial charge on any atom is 0.201 e. The molecule has 2 aromatic rings. The molecule has 0 saturated carbocycles. The molecule has 0 unspecified atom stereocenters. The Morgan fingerprint density at radius 3 is 2.53 bits per heavy atom. The molecule has 2 heterocycles. The van der Waals surface area contributed by atoms with Crippen molar-refractivity contribution in [2.45, 2.75) is 26.7 Å². The van der Waals surface area contributed by atoms with E-state index in [9.17, 15) is 0 Å². The Hall–Kier alpha value is -1.65. The van der Waals surface area contributed by atoms with Gasteiger partial charge in [-0.1, -0.05) is 13.8 Å². The zero-order valence-electron chi connectivity index (χ0n) is 9.35. The second-order valence-electron chi connectivity index (χ2n) is 3.86. The van der Waals surface area contributed by atoms with Crippen LogP contribution in [0.1, 0.15) is 31.3 Å². The summed E-state index contributed by atoms with van der Waals surface area (Å²) >= 11 is 0. The zero-order valence-corrected chi connectivity index (χ0v) is 9.35. The molecule has 0 atom stereocenters. The number of oxazole rings is 1. The van der Waals surface area contributed by atoms with Crippen LogP contribution in [0.4, 0.5) is 0 Å². The molecule has 0 saturated heterocycles. The van der Waals surface area contributed by atoms with Crippen LogP contribution in [0.5, 0.6) is 0 Å². The van der Waals surface area contributed by atoms with E-state index in [2.05, 4.69) is 29.0 Å². The molecule has 0 spiro atoms. The molecule has 0 N–H and O–H groups in total. The minimum absolute atomic E-state index is 0.347. The van der Waals surface area contributed by atoms with Crippen LogP contribution in [-0.4, -0.2) is 19.7 Å². The van der Waals surface area contributed by atoms with E-state index in [4.69, 9.17) is 4.42 Å². The van der Waals surface area contributed by atoms with E-state index in [0.29, 0.717) is 11.7 Å². The summed E-state index contributed by atoms with van der Waals surface area (Å²) in [4.78, 5) is 4.04. The third-order valence-electron chi connectivity index (χ3n) is 2.37. The summed E-state index contributed by atoms with van der Waals surface area (Å²) in [5.74, 6) is 2.71. The van der Waals surface area contributed by atoms with Crippen LogP contribution in [0.15, 0.2) is 10.8 Å². The molecule has 0 amide bonds. The highest BCUT2D eigenvalue weighted by atomic mass is 16.3. The summed E-state index contributed by atoms with van der Waals surface area (Å²) in [6.45, 7) is 6.06. The van der Waals surface area contributed by atoms with E-state index in [-0.39, 0.29) is 0 Å². The Labute approximate surface area is 88.2 Å². The number of nitrogens with zero attached hydrogens (tertiary/aromatic N) is 4. The highest BCUT2D eigenvalue weighted by molar-refractivity contribution is 5.49. The van der Waals surface area contributed by atoms with Crippen molar-refractivity contribution in [3.8, 4) is 11.6 Å². The van der Waals surface area contributed by atoms with E-state index in [1.54, 1.807) is 0 Å². The molecule has 0 aromatic carbocycles. The predicted octanol–water partition coefficient (Wildman–Crippen LogP) is 1.90. The van der Waals surface area contributed by atoms with Crippen LogP contribution >= 0.6 is 0 Å². The maximum absolute atomic E-state index is 5.29. The van der Waals surface area contributed by atoms with Gasteiger partial charge in [-0.15, -0.1) is 10.2 Å². The van der Waals surface area contributed by atoms with Crippen LogP contribution in [-0.2, 0) is 7.05 Å². The fourth-order valence-corrected chi connectivity index (χ4v) is 1.56. The van der Waals surface area contributed by atoms with Gasteiger partial charge in [-0.2, -0.15) is 0 Å². The smallest absolute Gasteiger partial charge is 0.201 e. The molecule has 0 fully saturated rings. The van der Waals surface area contributed by atoms with E-state index in [1.807, 2.05) is 18.5 Å². The third kappa shape index (κ3) is 1.54. The second-order valence-corrected chi connectivity index (χ2v) is 3.86. The molecule has 15 heavy (non-hydrogen) atoms. The fourth-order valence-electron chi connectivity index (χ4n) is 1.56. The van der Waals surface area contributed by atoms with Gasteiger partial charge in [0.1, 0.15) is 5.82 Å². The fraction of sp³-hybridized carbons (Fsp3) is 0.500. The summed E-state index contributed by atoms with van der Waals surface area (Å²) in [6.07, 6.45) is 1.42. The Balaban J connectivity index is 2.51. The topological polar surface area (TPSA) is 56.7 Å². The molecular weight excluding hydrogens is 192 g/mol. The first kappa shape index (κ1) is 9.89. The van der Waals surface area contributed by atoms with Crippen LogP contribution < -0.4 is 0 Å². The van der Waals surface area contributed by atoms with Crippen LogP contribution in [0.25, 0.3) is 11.6 Å². The molecule has 0 aliphatic rings. The van der Waals surface area contributed by atoms with Crippen LogP contribution in [0.3, 0.4) is 0 Å². The van der Waals surface area contributed by atoms with E-state index >= 15 is 0 Å².